The fourth-order valence-electron chi connectivity index (χ4n) is 9.21. The van der Waals surface area contributed by atoms with E-state index in [9.17, 15) is 0 Å². The van der Waals surface area contributed by atoms with Crippen molar-refractivity contribution in [1.82, 2.24) is 4.57 Å². The monoisotopic (exact) mass is 759 g/mol. The molecule has 11 rings (SSSR count). The Balaban J connectivity index is 1.03. The molecule has 282 valence electrons. The quantitative estimate of drug-likeness (QED) is 0.179. The minimum Gasteiger partial charge on any atom is -0.455 e. The summed E-state index contributed by atoms with van der Waals surface area (Å²) in [5.41, 5.74) is 14.3. The van der Waals surface area contributed by atoms with Gasteiger partial charge in [-0.1, -0.05) is 110 Å². The number of rotatable bonds is 4. The summed E-state index contributed by atoms with van der Waals surface area (Å²) in [7, 11) is 0. The zero-order chi connectivity index (χ0) is 39.7. The number of hydrogen-bond donors (Lipinski definition) is 0. The van der Waals surface area contributed by atoms with Gasteiger partial charge in [0.25, 0.3) is 0 Å². The summed E-state index contributed by atoms with van der Waals surface area (Å²) >= 11 is 0. The maximum Gasteiger partial charge on any atom is 0.145 e. The lowest BCUT2D eigenvalue weighted by atomic mass is 9.88. The number of anilines is 3. The van der Waals surface area contributed by atoms with E-state index in [1.54, 1.807) is 0 Å². The number of allylic oxidation sites excluding steroid dienone is 10. The Labute approximate surface area is 343 Å². The Bertz CT molecular complexity index is 3250. The first-order valence-corrected chi connectivity index (χ1v) is 20.2. The van der Waals surface area contributed by atoms with Crippen LogP contribution >= 0.6 is 0 Å². The maximum absolute atomic E-state index is 6.82. The molecule has 1 atom stereocenters. The predicted molar refractivity (Wildman–Crippen MR) is 250 cm³/mol. The molecule has 0 spiro atoms. The molecule has 0 saturated heterocycles. The third-order valence-electron chi connectivity index (χ3n) is 12.2. The number of benzene rings is 6. The highest BCUT2D eigenvalue weighted by atomic mass is 16.3. The standard InChI is InChI=1S/C55H41N3O/c1-37-16-12-15-32-56(42-24-26-50-46(36-42)44-20-9-11-22-49(44)58(50)41-17-6-4-7-18-41)51-27-25-45-47-35-39(23-28-52(47)59-54(45)53(37)51)40-29-33-57(55(3)30-13-5-14-31-55)48-21-10-8-19-43(48)38(2)34-40/h4-30,32-36H,1-2,31H2,3H3/b16-12-,32-15-,33-29-,40-34+. The molecule has 0 radical (unpaired) electrons. The van der Waals surface area contributed by atoms with Gasteiger partial charge in [0.2, 0.25) is 0 Å². The van der Waals surface area contributed by atoms with Crippen LogP contribution in [0.4, 0.5) is 17.1 Å². The fourth-order valence-corrected chi connectivity index (χ4v) is 9.21. The lowest BCUT2D eigenvalue weighted by Gasteiger charge is -2.41. The minimum atomic E-state index is -0.210. The molecule has 8 aromatic rings. The Morgan fingerprint density at radius 3 is 2.32 bits per heavy atom. The topological polar surface area (TPSA) is 24.6 Å². The van der Waals surface area contributed by atoms with Crippen molar-refractivity contribution in [1.29, 1.82) is 0 Å². The third-order valence-corrected chi connectivity index (χ3v) is 12.2. The number of furan rings is 1. The maximum atomic E-state index is 6.82. The zero-order valence-electron chi connectivity index (χ0n) is 32.8. The van der Waals surface area contributed by atoms with Crippen molar-refractivity contribution in [3.63, 3.8) is 0 Å². The van der Waals surface area contributed by atoms with Crippen LogP contribution in [0.5, 0.6) is 0 Å². The van der Waals surface area contributed by atoms with Gasteiger partial charge in [-0.2, -0.15) is 0 Å². The summed E-state index contributed by atoms with van der Waals surface area (Å²) in [5.74, 6) is 0. The first kappa shape index (κ1) is 34.7. The molecular formula is C55H41N3O. The van der Waals surface area contributed by atoms with Crippen molar-refractivity contribution >= 4 is 77.5 Å². The van der Waals surface area contributed by atoms with Crippen molar-refractivity contribution in [3.05, 3.63) is 224 Å². The molecule has 4 heteroatoms. The van der Waals surface area contributed by atoms with Gasteiger partial charge in [0.1, 0.15) is 11.2 Å². The number of fused-ring (bicyclic) bond motifs is 9. The van der Waals surface area contributed by atoms with Crippen LogP contribution < -0.4 is 9.80 Å². The molecule has 0 saturated carbocycles. The molecule has 0 amide bonds. The van der Waals surface area contributed by atoms with E-state index in [0.29, 0.717) is 0 Å². The molecule has 2 aromatic heterocycles. The van der Waals surface area contributed by atoms with Gasteiger partial charge in [0.15, 0.2) is 0 Å². The number of nitrogens with zero attached hydrogens (tertiary/aromatic N) is 3. The van der Waals surface area contributed by atoms with Crippen LogP contribution in [0, 0.1) is 0 Å². The van der Waals surface area contributed by atoms with E-state index in [1.165, 1.54) is 16.3 Å². The summed E-state index contributed by atoms with van der Waals surface area (Å²) in [5, 5.41) is 4.51. The molecule has 1 aliphatic carbocycles. The van der Waals surface area contributed by atoms with Crippen molar-refractivity contribution in [2.45, 2.75) is 18.9 Å². The van der Waals surface area contributed by atoms with E-state index in [4.69, 9.17) is 4.42 Å². The molecule has 4 nitrogen and oxygen atoms in total. The van der Waals surface area contributed by atoms with Gasteiger partial charge >= 0.3 is 0 Å². The van der Waals surface area contributed by atoms with Crippen molar-refractivity contribution in [2.75, 3.05) is 9.80 Å². The molecule has 0 fully saturated rings. The third kappa shape index (κ3) is 5.60. The summed E-state index contributed by atoms with van der Waals surface area (Å²) in [4.78, 5) is 4.65. The zero-order valence-corrected chi connectivity index (χ0v) is 32.8. The average molecular weight is 760 g/mol. The highest BCUT2D eigenvalue weighted by molar-refractivity contribution is 6.13. The van der Waals surface area contributed by atoms with Gasteiger partial charge in [-0.05, 0) is 121 Å². The second-order valence-corrected chi connectivity index (χ2v) is 15.8. The van der Waals surface area contributed by atoms with E-state index >= 15 is 0 Å². The Kier molecular flexibility index (Phi) is 7.95. The smallest absolute Gasteiger partial charge is 0.145 e. The van der Waals surface area contributed by atoms with Crippen LogP contribution in [0.15, 0.2) is 212 Å². The van der Waals surface area contributed by atoms with Crippen molar-refractivity contribution < 1.29 is 4.42 Å². The van der Waals surface area contributed by atoms with E-state index in [0.717, 1.165) is 90.0 Å². The number of para-hydroxylation sites is 3. The van der Waals surface area contributed by atoms with Crippen LogP contribution in [-0.4, -0.2) is 10.1 Å². The Hall–Kier alpha value is -7.56. The molecule has 4 heterocycles. The second kappa shape index (κ2) is 13.5. The highest BCUT2D eigenvalue weighted by Gasteiger charge is 2.31. The van der Waals surface area contributed by atoms with Crippen LogP contribution in [0.3, 0.4) is 0 Å². The van der Waals surface area contributed by atoms with Crippen LogP contribution in [0.2, 0.25) is 0 Å². The van der Waals surface area contributed by atoms with Gasteiger partial charge in [-0.15, -0.1) is 0 Å². The Morgan fingerprint density at radius 2 is 1.44 bits per heavy atom. The van der Waals surface area contributed by atoms with E-state index < -0.39 is 0 Å². The van der Waals surface area contributed by atoms with Crippen molar-refractivity contribution in [3.8, 4) is 5.69 Å². The van der Waals surface area contributed by atoms with Gasteiger partial charge in [-0.3, -0.25) is 0 Å². The average Bonchev–Trinajstić information content (AvgIpc) is 3.80. The van der Waals surface area contributed by atoms with Crippen LogP contribution in [0.25, 0.3) is 66.2 Å². The second-order valence-electron chi connectivity index (χ2n) is 15.8. The van der Waals surface area contributed by atoms with Gasteiger partial charge in [-0.25, -0.2) is 0 Å². The fraction of sp³-hybridized carbons (Fsp3) is 0.0545. The van der Waals surface area contributed by atoms with E-state index in [2.05, 4.69) is 229 Å². The molecule has 3 aliphatic rings. The SMILES string of the molecule is C=C1/C=C(c2ccc3oc4c5c(ccc4c3c2)N(c2ccc3c(c2)c2ccccc2n3-c2ccccc2)/C=C\C=C/C5=C)\C=C/N(C2(C)C=CC=CC2)c2ccccc21. The van der Waals surface area contributed by atoms with Gasteiger partial charge in [0.05, 0.1) is 22.3 Å². The molecule has 0 N–H and O–H groups in total. The van der Waals surface area contributed by atoms with Gasteiger partial charge in [0, 0.05) is 62.1 Å². The molecule has 6 aromatic carbocycles. The molecule has 2 aliphatic heterocycles. The first-order valence-electron chi connectivity index (χ1n) is 20.2. The number of hydrogen-bond acceptors (Lipinski definition) is 3. The summed E-state index contributed by atoms with van der Waals surface area (Å²) in [6.07, 6.45) is 24.7. The predicted octanol–water partition coefficient (Wildman–Crippen LogP) is 14.6. The largest absolute Gasteiger partial charge is 0.455 e. The molecular weight excluding hydrogens is 719 g/mol. The van der Waals surface area contributed by atoms with Crippen LogP contribution in [0.1, 0.15) is 30.0 Å². The van der Waals surface area contributed by atoms with E-state index in [1.807, 2.05) is 0 Å². The molecule has 0 bridgehead atoms. The highest BCUT2D eigenvalue weighted by Crippen LogP contribution is 2.45. The molecule has 1 unspecified atom stereocenters. The van der Waals surface area contributed by atoms with Crippen molar-refractivity contribution in [2.24, 2.45) is 0 Å². The molecule has 59 heavy (non-hydrogen) atoms. The minimum absolute atomic E-state index is 0.210. The summed E-state index contributed by atoms with van der Waals surface area (Å²) < 4.78 is 9.17. The van der Waals surface area contributed by atoms with E-state index in [-0.39, 0.29) is 5.54 Å². The lowest BCUT2D eigenvalue weighted by molar-refractivity contribution is 0.565. The summed E-state index contributed by atoms with van der Waals surface area (Å²) in [6.45, 7) is 11.4. The first-order chi connectivity index (χ1) is 28.9. The van der Waals surface area contributed by atoms with Gasteiger partial charge < -0.3 is 18.8 Å². The number of aromatic nitrogens is 1. The lowest BCUT2D eigenvalue weighted by Crippen LogP contribution is -2.42. The normalized spacial score (nSPS) is 20.2. The summed E-state index contributed by atoms with van der Waals surface area (Å²) in [6, 6.07) is 45.5. The Morgan fingerprint density at radius 1 is 0.610 bits per heavy atom. The van der Waals surface area contributed by atoms with Crippen LogP contribution in [-0.2, 0) is 0 Å².